The SMILES string of the molecule is COc1ccc(C(=O)Nc2ccc(-c3c(C(F)(F)F)cc4ccccn34)cc2)cc1OC.O=C(Nc1ccc(-c2c(C(F)(F)F)cc3cccc(Cl)n23)cc1)c1cccc(F)c1F. The molecular formula is C46H31ClF8N4O4. The highest BCUT2D eigenvalue weighted by molar-refractivity contribution is 6.30. The first-order valence-electron chi connectivity index (χ1n) is 18.5. The predicted molar refractivity (Wildman–Crippen MR) is 222 cm³/mol. The highest BCUT2D eigenvalue weighted by Crippen LogP contribution is 2.42. The van der Waals surface area contributed by atoms with Gasteiger partial charge in [0.25, 0.3) is 11.8 Å². The van der Waals surface area contributed by atoms with E-state index in [9.17, 15) is 44.7 Å². The molecule has 17 heteroatoms. The van der Waals surface area contributed by atoms with Crippen molar-refractivity contribution in [3.63, 3.8) is 0 Å². The molecule has 4 aromatic heterocycles. The van der Waals surface area contributed by atoms with Crippen molar-refractivity contribution in [3.05, 3.63) is 179 Å². The van der Waals surface area contributed by atoms with Gasteiger partial charge in [-0.2, -0.15) is 26.3 Å². The molecule has 0 unspecified atom stereocenters. The first-order valence-corrected chi connectivity index (χ1v) is 18.9. The number of ether oxygens (including phenoxy) is 2. The van der Waals surface area contributed by atoms with Gasteiger partial charge in [-0.05, 0) is 102 Å². The molecule has 4 heterocycles. The minimum atomic E-state index is -4.62. The molecule has 0 spiro atoms. The van der Waals surface area contributed by atoms with Crippen LogP contribution in [0.25, 0.3) is 33.5 Å². The molecule has 2 amide bonds. The molecule has 8 nitrogen and oxygen atoms in total. The van der Waals surface area contributed by atoms with Crippen molar-refractivity contribution in [2.45, 2.75) is 12.4 Å². The van der Waals surface area contributed by atoms with E-state index in [1.807, 2.05) is 0 Å². The maximum atomic E-state index is 13.8. The number of alkyl halides is 6. The summed E-state index contributed by atoms with van der Waals surface area (Å²) >= 11 is 6.14. The minimum absolute atomic E-state index is 0.0471. The maximum absolute atomic E-state index is 13.8. The smallest absolute Gasteiger partial charge is 0.418 e. The number of amides is 2. The van der Waals surface area contributed by atoms with Gasteiger partial charge >= 0.3 is 12.4 Å². The molecule has 0 aliphatic rings. The van der Waals surface area contributed by atoms with E-state index >= 15 is 0 Å². The van der Waals surface area contributed by atoms with Crippen LogP contribution in [0.15, 0.2) is 140 Å². The minimum Gasteiger partial charge on any atom is -0.493 e. The maximum Gasteiger partial charge on any atom is 0.418 e. The summed E-state index contributed by atoms with van der Waals surface area (Å²) in [7, 11) is 2.97. The third kappa shape index (κ3) is 9.16. The van der Waals surface area contributed by atoms with Crippen molar-refractivity contribution < 1.29 is 54.2 Å². The summed E-state index contributed by atoms with van der Waals surface area (Å²) < 4.78 is 122. The number of carbonyl (C=O) groups excluding carboxylic acids is 2. The Bertz CT molecular complexity index is 2980. The van der Waals surface area contributed by atoms with Crippen LogP contribution in [0.2, 0.25) is 5.15 Å². The molecule has 0 bridgehead atoms. The monoisotopic (exact) mass is 890 g/mol. The third-order valence-corrected chi connectivity index (χ3v) is 10.0. The van der Waals surface area contributed by atoms with Crippen LogP contribution in [0.1, 0.15) is 31.8 Å². The summed E-state index contributed by atoms with van der Waals surface area (Å²) in [5.74, 6) is -2.83. The van der Waals surface area contributed by atoms with E-state index in [0.717, 1.165) is 24.3 Å². The van der Waals surface area contributed by atoms with Gasteiger partial charge in [0.1, 0.15) is 5.15 Å². The Morgan fingerprint density at radius 3 is 1.76 bits per heavy atom. The summed E-state index contributed by atoms with van der Waals surface area (Å²) in [5.41, 5.74) is 0.118. The summed E-state index contributed by atoms with van der Waals surface area (Å²) in [4.78, 5) is 24.8. The molecule has 0 saturated carbocycles. The van der Waals surface area contributed by atoms with E-state index in [0.29, 0.717) is 33.8 Å². The van der Waals surface area contributed by atoms with Crippen LogP contribution >= 0.6 is 11.6 Å². The second-order valence-corrected chi connectivity index (χ2v) is 14.0. The molecule has 0 saturated heterocycles. The molecule has 2 N–H and O–H groups in total. The van der Waals surface area contributed by atoms with Crippen molar-refractivity contribution in [2.75, 3.05) is 24.9 Å². The number of hydrogen-bond acceptors (Lipinski definition) is 4. The third-order valence-electron chi connectivity index (χ3n) is 9.71. The second kappa shape index (κ2) is 17.6. The van der Waals surface area contributed by atoms with E-state index < -0.39 is 46.6 Å². The number of halogens is 9. The van der Waals surface area contributed by atoms with Crippen molar-refractivity contribution in [2.24, 2.45) is 0 Å². The standard InChI is InChI=1S/C24H19F3N2O3.C22H12ClF5N2O/c1-31-20-11-8-16(13-21(20)32-2)23(30)28-17-9-6-15(7-10-17)22-19(24(25,26)27)14-18-5-3-4-12-29(18)22;23-18-6-1-3-14-11-16(22(26,27)28)20(30(14)18)12-7-9-13(10-8-12)29-21(31)15-4-2-5-17(24)19(15)25/h3-14H,1-2H3,(H,28,30);1-11H,(H,29,31). The van der Waals surface area contributed by atoms with Crippen molar-refractivity contribution >= 4 is 45.8 Å². The average Bonchev–Trinajstić information content (AvgIpc) is 3.87. The Balaban J connectivity index is 0.000000189. The highest BCUT2D eigenvalue weighted by atomic mass is 35.5. The van der Waals surface area contributed by atoms with Crippen molar-refractivity contribution in [3.8, 4) is 34.0 Å². The van der Waals surface area contributed by atoms with Gasteiger partial charge in [0.05, 0.1) is 42.3 Å². The summed E-state index contributed by atoms with van der Waals surface area (Å²) in [6.07, 6.45) is -7.53. The van der Waals surface area contributed by atoms with E-state index in [1.165, 1.54) is 65.5 Å². The van der Waals surface area contributed by atoms with Crippen LogP contribution in [0, 0.1) is 11.6 Å². The van der Waals surface area contributed by atoms with Crippen LogP contribution in [-0.4, -0.2) is 34.8 Å². The Morgan fingerprint density at radius 2 is 1.14 bits per heavy atom. The summed E-state index contributed by atoms with van der Waals surface area (Å²) in [6, 6.07) is 31.3. The zero-order chi connectivity index (χ0) is 45.2. The largest absolute Gasteiger partial charge is 0.493 e. The van der Waals surface area contributed by atoms with Crippen molar-refractivity contribution in [1.29, 1.82) is 0 Å². The van der Waals surface area contributed by atoms with Gasteiger partial charge < -0.3 is 24.5 Å². The number of aromatic nitrogens is 2. The number of anilines is 2. The average molecular weight is 891 g/mol. The van der Waals surface area contributed by atoms with Crippen molar-refractivity contribution in [1.82, 2.24) is 8.80 Å². The molecule has 0 aliphatic heterocycles. The summed E-state index contributed by atoms with van der Waals surface area (Å²) in [5, 5.41) is 5.23. The first kappa shape index (κ1) is 43.7. The van der Waals surface area contributed by atoms with E-state index in [4.69, 9.17) is 21.1 Å². The van der Waals surface area contributed by atoms with Crippen LogP contribution in [0.3, 0.4) is 0 Å². The number of rotatable bonds is 8. The first-order chi connectivity index (χ1) is 30.0. The molecule has 322 valence electrons. The lowest BCUT2D eigenvalue weighted by atomic mass is 10.1. The number of methoxy groups -OCH3 is 2. The van der Waals surface area contributed by atoms with E-state index in [1.54, 1.807) is 72.9 Å². The van der Waals surface area contributed by atoms with E-state index in [2.05, 4.69) is 10.6 Å². The van der Waals surface area contributed by atoms with Gasteiger partial charge in [-0.3, -0.25) is 14.0 Å². The Morgan fingerprint density at radius 1 is 0.587 bits per heavy atom. The fourth-order valence-electron chi connectivity index (χ4n) is 6.80. The Labute approximate surface area is 357 Å². The fraction of sp³-hybridized carbons (Fsp3) is 0.0870. The van der Waals surface area contributed by atoms with Gasteiger partial charge in [0, 0.05) is 34.2 Å². The zero-order valence-electron chi connectivity index (χ0n) is 32.7. The topological polar surface area (TPSA) is 85.5 Å². The van der Waals surface area contributed by atoms with Gasteiger partial charge in [-0.1, -0.05) is 54.1 Å². The lowest BCUT2D eigenvalue weighted by molar-refractivity contribution is -0.137. The predicted octanol–water partition coefficient (Wildman–Crippen LogP) is 12.7. The number of hydrogen-bond donors (Lipinski definition) is 2. The zero-order valence-corrected chi connectivity index (χ0v) is 33.5. The second-order valence-electron chi connectivity index (χ2n) is 13.6. The Kier molecular flexibility index (Phi) is 12.2. The molecular weight excluding hydrogens is 860 g/mol. The number of pyridine rings is 2. The molecule has 0 atom stereocenters. The quantitative estimate of drug-likeness (QED) is 0.118. The van der Waals surface area contributed by atoms with Gasteiger partial charge in [0.15, 0.2) is 23.1 Å². The van der Waals surface area contributed by atoms with Crippen LogP contribution < -0.4 is 20.1 Å². The van der Waals surface area contributed by atoms with E-state index in [-0.39, 0.29) is 39.2 Å². The number of fused-ring (bicyclic) bond motifs is 2. The van der Waals surface area contributed by atoms with Crippen LogP contribution in [-0.2, 0) is 12.4 Å². The molecule has 0 aliphatic carbocycles. The number of benzene rings is 4. The lowest BCUT2D eigenvalue weighted by Gasteiger charge is -2.12. The molecule has 0 radical (unpaired) electrons. The van der Waals surface area contributed by atoms with Gasteiger partial charge in [-0.25, -0.2) is 8.78 Å². The normalized spacial score (nSPS) is 11.5. The molecule has 63 heavy (non-hydrogen) atoms. The Hall–Kier alpha value is -7.33. The van der Waals surface area contributed by atoms with Crippen LogP contribution in [0.5, 0.6) is 11.5 Å². The van der Waals surface area contributed by atoms with Gasteiger partial charge in [-0.15, -0.1) is 0 Å². The van der Waals surface area contributed by atoms with Crippen LogP contribution in [0.4, 0.5) is 46.5 Å². The molecule has 0 fully saturated rings. The lowest BCUT2D eigenvalue weighted by Crippen LogP contribution is -2.14. The molecule has 4 aromatic carbocycles. The molecule has 8 aromatic rings. The number of carbonyl (C=O) groups is 2. The highest BCUT2D eigenvalue weighted by Gasteiger charge is 2.37. The number of nitrogens with zero attached hydrogens (tertiary/aromatic N) is 2. The fourth-order valence-corrected chi connectivity index (χ4v) is 7.05. The van der Waals surface area contributed by atoms with Gasteiger partial charge in [0.2, 0.25) is 0 Å². The number of nitrogens with one attached hydrogen (secondary N) is 2. The summed E-state index contributed by atoms with van der Waals surface area (Å²) in [6.45, 7) is 0. The molecule has 8 rings (SSSR count).